The average molecular weight is 334 g/mol. The number of rotatable bonds is 4. The largest absolute Gasteiger partial charge is 0.321 e. The SMILES string of the molecule is Cc1nc2c(NC(=O)C(c3ccccc3)n3cnnn3)cccn2n1. The first kappa shape index (κ1) is 14.9. The van der Waals surface area contributed by atoms with Gasteiger partial charge in [-0.1, -0.05) is 30.3 Å². The third kappa shape index (κ3) is 2.82. The van der Waals surface area contributed by atoms with Gasteiger partial charge in [0.2, 0.25) is 0 Å². The van der Waals surface area contributed by atoms with Crippen LogP contribution in [0.5, 0.6) is 0 Å². The summed E-state index contributed by atoms with van der Waals surface area (Å²) in [6.45, 7) is 1.80. The zero-order valence-corrected chi connectivity index (χ0v) is 13.3. The summed E-state index contributed by atoms with van der Waals surface area (Å²) in [5.41, 5.74) is 1.93. The highest BCUT2D eigenvalue weighted by molar-refractivity contribution is 5.98. The van der Waals surface area contributed by atoms with Crippen LogP contribution in [0.2, 0.25) is 0 Å². The standard InChI is InChI=1S/C16H14N8O/c1-11-18-15-13(8-5-9-23(15)20-11)19-16(25)14(24-10-17-21-22-24)12-6-3-2-4-7-12/h2-10,14H,1H3,(H,19,25). The summed E-state index contributed by atoms with van der Waals surface area (Å²) >= 11 is 0. The van der Waals surface area contributed by atoms with Crippen molar-refractivity contribution in [1.29, 1.82) is 0 Å². The fraction of sp³-hybridized carbons (Fsp3) is 0.125. The van der Waals surface area contributed by atoms with Crippen molar-refractivity contribution >= 4 is 17.2 Å². The van der Waals surface area contributed by atoms with E-state index in [1.165, 1.54) is 11.0 Å². The van der Waals surface area contributed by atoms with E-state index in [1.807, 2.05) is 30.3 Å². The lowest BCUT2D eigenvalue weighted by atomic mass is 10.1. The van der Waals surface area contributed by atoms with E-state index in [0.717, 1.165) is 5.56 Å². The number of anilines is 1. The van der Waals surface area contributed by atoms with Crippen LogP contribution in [-0.2, 0) is 4.79 Å². The van der Waals surface area contributed by atoms with Gasteiger partial charge < -0.3 is 5.32 Å². The average Bonchev–Trinajstić information content (AvgIpc) is 3.25. The predicted molar refractivity (Wildman–Crippen MR) is 88.8 cm³/mol. The Kier molecular flexibility index (Phi) is 3.65. The van der Waals surface area contributed by atoms with Crippen molar-refractivity contribution in [3.05, 3.63) is 66.4 Å². The van der Waals surface area contributed by atoms with E-state index in [4.69, 9.17) is 0 Å². The normalized spacial score (nSPS) is 12.2. The Balaban J connectivity index is 1.71. The van der Waals surface area contributed by atoms with Crippen molar-refractivity contribution in [3.63, 3.8) is 0 Å². The smallest absolute Gasteiger partial charge is 0.254 e. The van der Waals surface area contributed by atoms with Gasteiger partial charge in [-0.25, -0.2) is 14.2 Å². The number of benzene rings is 1. The monoisotopic (exact) mass is 334 g/mol. The van der Waals surface area contributed by atoms with E-state index < -0.39 is 6.04 Å². The van der Waals surface area contributed by atoms with Crippen molar-refractivity contribution in [3.8, 4) is 0 Å². The van der Waals surface area contributed by atoms with E-state index in [1.54, 1.807) is 29.8 Å². The van der Waals surface area contributed by atoms with Gasteiger partial charge in [-0.05, 0) is 35.0 Å². The van der Waals surface area contributed by atoms with Gasteiger partial charge >= 0.3 is 0 Å². The van der Waals surface area contributed by atoms with Crippen molar-refractivity contribution in [2.45, 2.75) is 13.0 Å². The summed E-state index contributed by atoms with van der Waals surface area (Å²) in [7, 11) is 0. The van der Waals surface area contributed by atoms with E-state index in [0.29, 0.717) is 17.2 Å². The lowest BCUT2D eigenvalue weighted by molar-refractivity contribution is -0.118. The van der Waals surface area contributed by atoms with Crippen molar-refractivity contribution in [1.82, 2.24) is 34.8 Å². The first-order valence-electron chi connectivity index (χ1n) is 7.62. The quantitative estimate of drug-likeness (QED) is 0.602. The minimum Gasteiger partial charge on any atom is -0.321 e. The van der Waals surface area contributed by atoms with Crippen LogP contribution < -0.4 is 5.32 Å². The molecule has 0 saturated carbocycles. The first-order chi connectivity index (χ1) is 12.2. The number of nitrogens with one attached hydrogen (secondary N) is 1. The topological polar surface area (TPSA) is 103 Å². The van der Waals surface area contributed by atoms with Gasteiger partial charge in [0.05, 0.1) is 5.69 Å². The number of aryl methyl sites for hydroxylation is 1. The molecule has 124 valence electrons. The Morgan fingerprint density at radius 3 is 2.76 bits per heavy atom. The zero-order chi connectivity index (χ0) is 17.2. The zero-order valence-electron chi connectivity index (χ0n) is 13.3. The Morgan fingerprint density at radius 1 is 1.16 bits per heavy atom. The molecule has 9 nitrogen and oxygen atoms in total. The molecule has 0 aliphatic heterocycles. The van der Waals surface area contributed by atoms with Crippen LogP contribution in [0, 0.1) is 6.92 Å². The van der Waals surface area contributed by atoms with Crippen molar-refractivity contribution in [2.24, 2.45) is 0 Å². The summed E-state index contributed by atoms with van der Waals surface area (Å²) in [5.74, 6) is 0.356. The molecule has 1 unspecified atom stereocenters. The second kappa shape index (κ2) is 6.11. The number of tetrazole rings is 1. The lowest BCUT2D eigenvalue weighted by Gasteiger charge is -2.16. The van der Waals surface area contributed by atoms with E-state index in [-0.39, 0.29) is 5.91 Å². The second-order valence-corrected chi connectivity index (χ2v) is 5.44. The van der Waals surface area contributed by atoms with Crippen LogP contribution in [0.1, 0.15) is 17.4 Å². The summed E-state index contributed by atoms with van der Waals surface area (Å²) in [4.78, 5) is 17.3. The summed E-state index contributed by atoms with van der Waals surface area (Å²) < 4.78 is 3.04. The third-order valence-electron chi connectivity index (χ3n) is 3.72. The van der Waals surface area contributed by atoms with Crippen LogP contribution >= 0.6 is 0 Å². The van der Waals surface area contributed by atoms with Crippen molar-refractivity contribution < 1.29 is 4.79 Å². The number of carbonyl (C=O) groups excluding carboxylic acids is 1. The number of aromatic nitrogens is 7. The summed E-state index contributed by atoms with van der Waals surface area (Å²) in [6.07, 6.45) is 3.19. The summed E-state index contributed by atoms with van der Waals surface area (Å²) in [6, 6.07) is 12.2. The number of fused-ring (bicyclic) bond motifs is 1. The second-order valence-electron chi connectivity index (χ2n) is 5.44. The minimum atomic E-state index is -0.694. The van der Waals surface area contributed by atoms with E-state index >= 15 is 0 Å². The number of amides is 1. The highest BCUT2D eigenvalue weighted by atomic mass is 16.2. The van der Waals surface area contributed by atoms with Gasteiger partial charge in [-0.2, -0.15) is 5.10 Å². The number of nitrogens with zero attached hydrogens (tertiary/aromatic N) is 7. The molecule has 1 N–H and O–H groups in total. The molecule has 1 atom stereocenters. The molecule has 0 aliphatic rings. The van der Waals surface area contributed by atoms with Gasteiger partial charge in [0.15, 0.2) is 11.7 Å². The molecule has 4 rings (SSSR count). The molecule has 1 amide bonds. The van der Waals surface area contributed by atoms with Gasteiger partial charge in [-0.15, -0.1) is 5.10 Å². The Morgan fingerprint density at radius 2 is 2.00 bits per heavy atom. The molecule has 25 heavy (non-hydrogen) atoms. The van der Waals surface area contributed by atoms with Crippen LogP contribution in [-0.4, -0.2) is 40.7 Å². The van der Waals surface area contributed by atoms with Crippen LogP contribution in [0.25, 0.3) is 5.65 Å². The molecule has 3 aromatic heterocycles. The molecule has 0 fully saturated rings. The number of hydrogen-bond donors (Lipinski definition) is 1. The highest BCUT2D eigenvalue weighted by Crippen LogP contribution is 2.21. The summed E-state index contributed by atoms with van der Waals surface area (Å²) in [5, 5.41) is 18.3. The Labute approximate surface area is 142 Å². The molecule has 0 spiro atoms. The fourth-order valence-electron chi connectivity index (χ4n) is 2.66. The molecular formula is C16H14N8O. The van der Waals surface area contributed by atoms with Gasteiger partial charge in [0.25, 0.3) is 5.91 Å². The number of hydrogen-bond acceptors (Lipinski definition) is 6. The Bertz CT molecular complexity index is 1010. The Hall–Kier alpha value is -3.62. The predicted octanol–water partition coefficient (Wildman–Crippen LogP) is 1.25. The molecule has 0 saturated heterocycles. The van der Waals surface area contributed by atoms with Crippen LogP contribution in [0.15, 0.2) is 55.0 Å². The van der Waals surface area contributed by atoms with Crippen LogP contribution in [0.3, 0.4) is 0 Å². The van der Waals surface area contributed by atoms with Crippen LogP contribution in [0.4, 0.5) is 5.69 Å². The third-order valence-corrected chi connectivity index (χ3v) is 3.72. The lowest BCUT2D eigenvalue weighted by Crippen LogP contribution is -2.27. The molecule has 0 aliphatic carbocycles. The van der Waals surface area contributed by atoms with E-state index in [2.05, 4.69) is 30.9 Å². The maximum absolute atomic E-state index is 13.0. The van der Waals surface area contributed by atoms with E-state index in [9.17, 15) is 4.79 Å². The number of pyridine rings is 1. The maximum Gasteiger partial charge on any atom is 0.254 e. The van der Waals surface area contributed by atoms with Gasteiger partial charge in [-0.3, -0.25) is 4.79 Å². The van der Waals surface area contributed by atoms with Gasteiger partial charge in [0.1, 0.15) is 12.2 Å². The fourth-order valence-corrected chi connectivity index (χ4v) is 2.66. The molecule has 9 heteroatoms. The first-order valence-corrected chi connectivity index (χ1v) is 7.62. The molecule has 3 heterocycles. The molecule has 1 aromatic carbocycles. The molecule has 0 bridgehead atoms. The number of carbonyl (C=O) groups is 1. The molecule has 4 aromatic rings. The van der Waals surface area contributed by atoms with Crippen molar-refractivity contribution in [2.75, 3.05) is 5.32 Å². The molecule has 0 radical (unpaired) electrons. The molecular weight excluding hydrogens is 320 g/mol. The maximum atomic E-state index is 13.0. The highest BCUT2D eigenvalue weighted by Gasteiger charge is 2.24. The van der Waals surface area contributed by atoms with Gasteiger partial charge in [0, 0.05) is 6.20 Å². The minimum absolute atomic E-state index is 0.271.